The fraction of sp³-hybridized carbons (Fsp3) is 0.571. The van der Waals surface area contributed by atoms with Gasteiger partial charge in [-0.1, -0.05) is 6.92 Å². The average molecular weight is 241 g/mol. The van der Waals surface area contributed by atoms with E-state index in [0.29, 0.717) is 17.7 Å². The van der Waals surface area contributed by atoms with E-state index in [4.69, 9.17) is 0 Å². The molecule has 0 saturated heterocycles. The van der Waals surface area contributed by atoms with E-state index in [1.807, 2.05) is 27.7 Å². The lowest BCUT2D eigenvalue weighted by Crippen LogP contribution is -2.38. The number of aryl methyl sites for hydroxylation is 1. The van der Waals surface area contributed by atoms with Crippen molar-refractivity contribution in [2.45, 2.75) is 46.1 Å². The Morgan fingerprint density at radius 2 is 1.76 bits per heavy atom. The maximum atomic E-state index is 13.7. The van der Waals surface area contributed by atoms with Crippen LogP contribution in [0.3, 0.4) is 0 Å². The van der Waals surface area contributed by atoms with Gasteiger partial charge in [-0.05, 0) is 56.9 Å². The highest BCUT2D eigenvalue weighted by atomic mass is 19.1. The Kier molecular flexibility index (Phi) is 4.26. The molecule has 0 heterocycles. The Morgan fingerprint density at radius 3 is 2.29 bits per heavy atom. The zero-order valence-corrected chi connectivity index (χ0v) is 11.2. The second-order valence-electron chi connectivity index (χ2n) is 5.65. The minimum atomic E-state index is -0.344. The standard InChI is InChI=1S/C14H21F2N/c1-9-6-13(16)11(7-12(9)15)10(2)8-17-14(3,4)5/h6-7,10,17H,8H2,1-5H3. The van der Waals surface area contributed by atoms with E-state index in [2.05, 4.69) is 5.32 Å². The molecule has 1 N–H and O–H groups in total. The van der Waals surface area contributed by atoms with Crippen molar-refractivity contribution >= 4 is 0 Å². The Morgan fingerprint density at radius 1 is 1.18 bits per heavy atom. The van der Waals surface area contributed by atoms with Gasteiger partial charge in [-0.3, -0.25) is 0 Å². The van der Waals surface area contributed by atoms with E-state index in [1.54, 1.807) is 6.92 Å². The summed E-state index contributed by atoms with van der Waals surface area (Å²) in [5.74, 6) is -0.722. The van der Waals surface area contributed by atoms with Crippen molar-refractivity contribution in [3.63, 3.8) is 0 Å². The van der Waals surface area contributed by atoms with Crippen molar-refractivity contribution in [3.8, 4) is 0 Å². The van der Waals surface area contributed by atoms with Gasteiger partial charge in [-0.15, -0.1) is 0 Å². The first kappa shape index (κ1) is 14.1. The summed E-state index contributed by atoms with van der Waals surface area (Å²) in [4.78, 5) is 0. The number of halogens is 2. The summed E-state index contributed by atoms with van der Waals surface area (Å²) in [6.45, 7) is 10.2. The molecule has 0 saturated carbocycles. The lowest BCUT2D eigenvalue weighted by Gasteiger charge is -2.24. The summed E-state index contributed by atoms with van der Waals surface area (Å²) < 4.78 is 27.1. The molecule has 0 amide bonds. The topological polar surface area (TPSA) is 12.0 Å². The monoisotopic (exact) mass is 241 g/mol. The van der Waals surface area contributed by atoms with Crippen LogP contribution in [0.4, 0.5) is 8.78 Å². The van der Waals surface area contributed by atoms with Crippen molar-refractivity contribution in [1.29, 1.82) is 0 Å². The fourth-order valence-electron chi connectivity index (χ4n) is 1.61. The van der Waals surface area contributed by atoms with Crippen LogP contribution in [0.5, 0.6) is 0 Å². The highest BCUT2D eigenvalue weighted by Crippen LogP contribution is 2.22. The van der Waals surface area contributed by atoms with Crippen molar-refractivity contribution in [2.24, 2.45) is 0 Å². The van der Waals surface area contributed by atoms with Crippen molar-refractivity contribution in [2.75, 3.05) is 6.54 Å². The summed E-state index contributed by atoms with van der Waals surface area (Å²) >= 11 is 0. The van der Waals surface area contributed by atoms with Gasteiger partial charge in [0.05, 0.1) is 0 Å². The quantitative estimate of drug-likeness (QED) is 0.849. The third-order valence-corrected chi connectivity index (χ3v) is 2.75. The first-order chi connectivity index (χ1) is 7.70. The zero-order valence-electron chi connectivity index (χ0n) is 11.2. The van der Waals surface area contributed by atoms with Crippen LogP contribution in [0.25, 0.3) is 0 Å². The third-order valence-electron chi connectivity index (χ3n) is 2.75. The summed E-state index contributed by atoms with van der Waals surface area (Å²) in [6.07, 6.45) is 0. The fourth-order valence-corrected chi connectivity index (χ4v) is 1.61. The highest BCUT2D eigenvalue weighted by Gasteiger charge is 2.16. The molecule has 0 aromatic heterocycles. The Hall–Kier alpha value is -0.960. The molecular formula is C14H21F2N. The molecule has 1 aromatic rings. The van der Waals surface area contributed by atoms with Gasteiger partial charge in [0.2, 0.25) is 0 Å². The largest absolute Gasteiger partial charge is 0.311 e. The van der Waals surface area contributed by atoms with Crippen molar-refractivity contribution in [3.05, 3.63) is 34.9 Å². The van der Waals surface area contributed by atoms with Crippen LogP contribution in [-0.4, -0.2) is 12.1 Å². The van der Waals surface area contributed by atoms with E-state index in [9.17, 15) is 8.78 Å². The molecule has 0 fully saturated rings. The van der Waals surface area contributed by atoms with E-state index in [-0.39, 0.29) is 23.1 Å². The van der Waals surface area contributed by atoms with Crippen LogP contribution in [0.2, 0.25) is 0 Å². The van der Waals surface area contributed by atoms with Crippen molar-refractivity contribution < 1.29 is 8.78 Å². The normalized spacial score (nSPS) is 13.8. The number of rotatable bonds is 3. The first-order valence-electron chi connectivity index (χ1n) is 5.91. The molecule has 3 heteroatoms. The molecule has 1 aromatic carbocycles. The Bertz CT molecular complexity index is 394. The van der Waals surface area contributed by atoms with Crippen LogP contribution in [0.1, 0.15) is 44.7 Å². The molecule has 0 aliphatic heterocycles. The molecule has 1 rings (SSSR count). The van der Waals surface area contributed by atoms with Gasteiger partial charge in [-0.25, -0.2) is 8.78 Å². The van der Waals surface area contributed by atoms with E-state index >= 15 is 0 Å². The molecular weight excluding hydrogens is 220 g/mol. The molecule has 0 aliphatic carbocycles. The van der Waals surface area contributed by atoms with Gasteiger partial charge in [0.15, 0.2) is 0 Å². The maximum absolute atomic E-state index is 13.7. The van der Waals surface area contributed by atoms with Crippen molar-refractivity contribution in [1.82, 2.24) is 5.32 Å². The lowest BCUT2D eigenvalue weighted by molar-refractivity contribution is 0.408. The molecule has 0 spiro atoms. The second kappa shape index (κ2) is 5.13. The lowest BCUT2D eigenvalue weighted by atomic mass is 9.97. The Labute approximate surface area is 102 Å². The number of benzene rings is 1. The molecule has 1 unspecified atom stereocenters. The highest BCUT2D eigenvalue weighted by molar-refractivity contribution is 5.27. The molecule has 1 nitrogen and oxygen atoms in total. The Balaban J connectivity index is 2.82. The number of nitrogens with one attached hydrogen (secondary N) is 1. The molecule has 0 aliphatic rings. The summed E-state index contributed by atoms with van der Waals surface area (Å²) in [7, 11) is 0. The molecule has 17 heavy (non-hydrogen) atoms. The van der Waals surface area contributed by atoms with Gasteiger partial charge in [0.1, 0.15) is 11.6 Å². The van der Waals surface area contributed by atoms with Crippen LogP contribution in [0, 0.1) is 18.6 Å². The SMILES string of the molecule is Cc1cc(F)c(C(C)CNC(C)(C)C)cc1F. The maximum Gasteiger partial charge on any atom is 0.127 e. The van der Waals surface area contributed by atoms with Crippen LogP contribution in [-0.2, 0) is 0 Å². The molecule has 0 bridgehead atoms. The molecule has 0 radical (unpaired) electrons. The van der Waals surface area contributed by atoms with Gasteiger partial charge < -0.3 is 5.32 Å². The van der Waals surface area contributed by atoms with Crippen LogP contribution >= 0.6 is 0 Å². The zero-order chi connectivity index (χ0) is 13.2. The van der Waals surface area contributed by atoms with Gasteiger partial charge in [0, 0.05) is 12.1 Å². The van der Waals surface area contributed by atoms with Crippen LogP contribution in [0.15, 0.2) is 12.1 Å². The van der Waals surface area contributed by atoms with Gasteiger partial charge in [0.25, 0.3) is 0 Å². The van der Waals surface area contributed by atoms with Gasteiger partial charge in [-0.2, -0.15) is 0 Å². The average Bonchev–Trinajstić information content (AvgIpc) is 2.19. The van der Waals surface area contributed by atoms with E-state index in [1.165, 1.54) is 12.1 Å². The van der Waals surface area contributed by atoms with Gasteiger partial charge >= 0.3 is 0 Å². The minimum Gasteiger partial charge on any atom is -0.311 e. The van der Waals surface area contributed by atoms with Crippen LogP contribution < -0.4 is 5.32 Å². The first-order valence-corrected chi connectivity index (χ1v) is 5.91. The minimum absolute atomic E-state index is 0.0199. The second-order valence-corrected chi connectivity index (χ2v) is 5.65. The number of hydrogen-bond acceptors (Lipinski definition) is 1. The van der Waals surface area contributed by atoms with E-state index < -0.39 is 0 Å². The predicted molar refractivity (Wildman–Crippen MR) is 67.3 cm³/mol. The third kappa shape index (κ3) is 4.08. The van der Waals surface area contributed by atoms with E-state index in [0.717, 1.165) is 0 Å². The summed E-state index contributed by atoms with van der Waals surface area (Å²) in [5, 5.41) is 3.29. The summed E-state index contributed by atoms with van der Waals surface area (Å²) in [5.41, 5.74) is 0.764. The predicted octanol–water partition coefficient (Wildman–Crippen LogP) is 3.76. The molecule has 96 valence electrons. The smallest absolute Gasteiger partial charge is 0.127 e. The number of hydrogen-bond donors (Lipinski definition) is 1. The summed E-state index contributed by atoms with van der Waals surface area (Å²) in [6, 6.07) is 2.57. The molecule has 1 atom stereocenters.